The maximum absolute atomic E-state index is 5.99. The molecule has 2 heterocycles. The van der Waals surface area contributed by atoms with E-state index in [1.807, 2.05) is 6.07 Å². The van der Waals surface area contributed by atoms with Crippen molar-refractivity contribution >= 4 is 0 Å². The topological polar surface area (TPSA) is 44.3 Å². The summed E-state index contributed by atoms with van der Waals surface area (Å²) in [4.78, 5) is 0. The first kappa shape index (κ1) is 20.2. The highest BCUT2D eigenvalue weighted by atomic mass is 16.7. The second kappa shape index (κ2) is 8.76. The number of hydrogen-bond donors (Lipinski definition) is 1. The molecule has 0 unspecified atom stereocenters. The van der Waals surface area contributed by atoms with Gasteiger partial charge in [-0.05, 0) is 69.2 Å². The van der Waals surface area contributed by atoms with Gasteiger partial charge in [-0.1, -0.05) is 29.8 Å². The summed E-state index contributed by atoms with van der Waals surface area (Å²) in [6, 6.07) is 15.4. The van der Waals surface area contributed by atoms with Crippen molar-refractivity contribution in [3.63, 3.8) is 0 Å². The fourth-order valence-corrected chi connectivity index (χ4v) is 4.74. The monoisotopic (exact) mass is 396 g/mol. The molecule has 2 N–H and O–H groups in total. The van der Waals surface area contributed by atoms with Gasteiger partial charge in [0.25, 0.3) is 0 Å². The van der Waals surface area contributed by atoms with Crippen LogP contribution in [0.3, 0.4) is 0 Å². The number of hydrogen-bond acceptors (Lipinski definition) is 3. The Labute approximate surface area is 174 Å². The highest BCUT2D eigenvalue weighted by molar-refractivity contribution is 5.44. The number of benzene rings is 2. The first-order chi connectivity index (χ1) is 14.0. The molecule has 0 saturated carbocycles. The average molecular weight is 397 g/mol. The summed E-state index contributed by atoms with van der Waals surface area (Å²) in [5.41, 5.74) is 4.08. The smallest absolute Gasteiger partial charge is 0.231 e. The van der Waals surface area contributed by atoms with Gasteiger partial charge in [0.05, 0.1) is 12.1 Å². The minimum absolute atomic E-state index is 0.0118. The van der Waals surface area contributed by atoms with Crippen LogP contribution in [0.5, 0.6) is 11.5 Å². The Kier molecular flexibility index (Phi) is 6.12. The fourth-order valence-electron chi connectivity index (χ4n) is 4.74. The summed E-state index contributed by atoms with van der Waals surface area (Å²) < 4.78 is 16.9. The number of ether oxygens (including phenoxy) is 3. The van der Waals surface area contributed by atoms with Crippen LogP contribution in [0.25, 0.3) is 0 Å². The number of nitrogens with two attached hydrogens (primary N) is 1. The Morgan fingerprint density at radius 3 is 2.66 bits per heavy atom. The average Bonchev–Trinajstić information content (AvgIpc) is 3.16. The lowest BCUT2D eigenvalue weighted by atomic mass is 9.75. The maximum atomic E-state index is 5.99. The Hall–Kier alpha value is -2.04. The summed E-state index contributed by atoms with van der Waals surface area (Å²) in [6.45, 7) is 9.92. The summed E-state index contributed by atoms with van der Waals surface area (Å²) in [5.74, 6) is 3.00. The molecule has 0 radical (unpaired) electrons. The lowest BCUT2D eigenvalue weighted by Crippen LogP contribution is -2.82. The Balaban J connectivity index is 1.38. The number of aryl methyl sites for hydroxylation is 1. The molecule has 2 aromatic carbocycles. The van der Waals surface area contributed by atoms with Gasteiger partial charge in [0.15, 0.2) is 11.5 Å². The molecule has 4 rings (SSSR count). The lowest BCUT2D eigenvalue weighted by Gasteiger charge is -2.39. The second-order valence-electron chi connectivity index (χ2n) is 9.14. The van der Waals surface area contributed by atoms with Crippen LogP contribution in [0.4, 0.5) is 0 Å². The van der Waals surface area contributed by atoms with E-state index in [1.165, 1.54) is 23.1 Å². The molecule has 2 aliphatic rings. The molecule has 0 amide bonds. The van der Waals surface area contributed by atoms with E-state index in [9.17, 15) is 0 Å². The third-order valence-corrected chi connectivity index (χ3v) is 6.31. The van der Waals surface area contributed by atoms with Gasteiger partial charge in [-0.15, -0.1) is 0 Å². The van der Waals surface area contributed by atoms with Gasteiger partial charge < -0.3 is 19.5 Å². The van der Waals surface area contributed by atoms with Crippen LogP contribution >= 0.6 is 0 Å². The first-order valence-corrected chi connectivity index (χ1v) is 10.9. The van der Waals surface area contributed by atoms with Crippen molar-refractivity contribution in [3.8, 4) is 11.5 Å². The van der Waals surface area contributed by atoms with Gasteiger partial charge in [-0.25, -0.2) is 0 Å². The summed E-state index contributed by atoms with van der Waals surface area (Å²) >= 11 is 0. The van der Waals surface area contributed by atoms with Crippen molar-refractivity contribution in [1.29, 1.82) is 0 Å². The van der Waals surface area contributed by atoms with Crippen molar-refractivity contribution in [2.45, 2.75) is 58.1 Å². The largest absolute Gasteiger partial charge is 0.454 e. The molecule has 2 aliphatic heterocycles. The van der Waals surface area contributed by atoms with E-state index in [-0.39, 0.29) is 5.60 Å². The van der Waals surface area contributed by atoms with Gasteiger partial charge in [-0.2, -0.15) is 0 Å². The predicted octanol–water partition coefficient (Wildman–Crippen LogP) is 4.17. The van der Waals surface area contributed by atoms with Gasteiger partial charge in [0.1, 0.15) is 6.54 Å². The SMILES string of the molecule is Cc1ccc([C@H](CC[NH2+]Cc2ccc3c(c2)OCO3)[C@H]2CCOC(C)(C)C2)cc1. The molecule has 29 heavy (non-hydrogen) atoms. The summed E-state index contributed by atoms with van der Waals surface area (Å²) in [6.07, 6.45) is 3.48. The zero-order chi connectivity index (χ0) is 20.3. The van der Waals surface area contributed by atoms with E-state index < -0.39 is 0 Å². The normalized spacial score (nSPS) is 21.1. The summed E-state index contributed by atoms with van der Waals surface area (Å²) in [7, 11) is 0. The Morgan fingerprint density at radius 1 is 1.07 bits per heavy atom. The summed E-state index contributed by atoms with van der Waals surface area (Å²) in [5, 5.41) is 2.42. The van der Waals surface area contributed by atoms with Gasteiger partial charge >= 0.3 is 0 Å². The highest BCUT2D eigenvalue weighted by Gasteiger charge is 2.34. The third-order valence-electron chi connectivity index (χ3n) is 6.31. The molecule has 1 fully saturated rings. The van der Waals surface area contributed by atoms with E-state index in [0.717, 1.165) is 44.0 Å². The molecule has 0 aliphatic carbocycles. The number of rotatable bonds is 7. The Morgan fingerprint density at radius 2 is 1.86 bits per heavy atom. The molecule has 0 aromatic heterocycles. The third kappa shape index (κ3) is 5.12. The number of quaternary nitrogens is 1. The minimum Gasteiger partial charge on any atom is -0.454 e. The molecule has 1 saturated heterocycles. The van der Waals surface area contributed by atoms with Crippen molar-refractivity contribution in [3.05, 3.63) is 59.2 Å². The Bertz CT molecular complexity index is 815. The highest BCUT2D eigenvalue weighted by Crippen LogP contribution is 2.39. The molecular weight excluding hydrogens is 362 g/mol. The second-order valence-corrected chi connectivity index (χ2v) is 9.14. The molecule has 2 aromatic rings. The van der Waals surface area contributed by atoms with Crippen LogP contribution in [0.15, 0.2) is 42.5 Å². The van der Waals surface area contributed by atoms with Crippen LogP contribution < -0.4 is 14.8 Å². The van der Waals surface area contributed by atoms with E-state index in [0.29, 0.717) is 18.6 Å². The van der Waals surface area contributed by atoms with E-state index >= 15 is 0 Å². The zero-order valence-electron chi connectivity index (χ0n) is 17.9. The molecule has 0 spiro atoms. The van der Waals surface area contributed by atoms with Crippen LogP contribution in [0, 0.1) is 12.8 Å². The quantitative estimate of drug-likeness (QED) is 0.715. The van der Waals surface area contributed by atoms with Crippen molar-refractivity contribution in [2.24, 2.45) is 5.92 Å². The standard InChI is InChI=1S/C25H33NO3/c1-18-4-7-20(8-5-18)22(21-11-13-29-25(2,3)15-21)10-12-26-16-19-6-9-23-24(14-19)28-17-27-23/h4-9,14,21-22,26H,10-13,15-17H2,1-3H3/p+1/t21-,22-/m0/s1. The first-order valence-electron chi connectivity index (χ1n) is 10.9. The molecule has 2 atom stereocenters. The predicted molar refractivity (Wildman–Crippen MR) is 114 cm³/mol. The van der Waals surface area contributed by atoms with E-state index in [2.05, 4.69) is 62.5 Å². The van der Waals surface area contributed by atoms with Crippen LogP contribution in [-0.2, 0) is 11.3 Å². The van der Waals surface area contributed by atoms with Gasteiger partial charge in [0.2, 0.25) is 6.79 Å². The van der Waals surface area contributed by atoms with Gasteiger partial charge in [0, 0.05) is 18.6 Å². The fraction of sp³-hybridized carbons (Fsp3) is 0.520. The van der Waals surface area contributed by atoms with Crippen LogP contribution in [-0.4, -0.2) is 25.5 Å². The lowest BCUT2D eigenvalue weighted by molar-refractivity contribution is -0.671. The molecule has 156 valence electrons. The van der Waals surface area contributed by atoms with Gasteiger partial charge in [-0.3, -0.25) is 0 Å². The number of fused-ring (bicyclic) bond motifs is 1. The van der Waals surface area contributed by atoms with Crippen molar-refractivity contribution < 1.29 is 19.5 Å². The van der Waals surface area contributed by atoms with Crippen molar-refractivity contribution in [2.75, 3.05) is 19.9 Å². The molecule has 0 bridgehead atoms. The van der Waals surface area contributed by atoms with Crippen LogP contribution in [0.2, 0.25) is 0 Å². The molecule has 4 heteroatoms. The maximum Gasteiger partial charge on any atom is 0.231 e. The minimum atomic E-state index is -0.0118. The van der Waals surface area contributed by atoms with Crippen molar-refractivity contribution in [1.82, 2.24) is 0 Å². The van der Waals surface area contributed by atoms with E-state index in [1.54, 1.807) is 0 Å². The zero-order valence-corrected chi connectivity index (χ0v) is 17.9. The van der Waals surface area contributed by atoms with Crippen LogP contribution in [0.1, 0.15) is 55.7 Å². The molecule has 4 nitrogen and oxygen atoms in total. The van der Waals surface area contributed by atoms with E-state index in [4.69, 9.17) is 14.2 Å². The molecular formula is C25H34NO3+.